The van der Waals surface area contributed by atoms with E-state index in [1.807, 2.05) is 4.68 Å². The molecule has 0 saturated heterocycles. The predicted molar refractivity (Wildman–Crippen MR) is 82.7 cm³/mol. The molecular formula is C17H30N2O. The molecule has 1 aromatic heterocycles. The quantitative estimate of drug-likeness (QED) is 0.885. The topological polar surface area (TPSA) is 38.0 Å². The number of rotatable bonds is 5. The summed E-state index contributed by atoms with van der Waals surface area (Å²) in [7, 11) is 0. The average molecular weight is 278 g/mol. The minimum absolute atomic E-state index is 0.407. The summed E-state index contributed by atoms with van der Waals surface area (Å²) in [5, 5.41) is 15.8. The van der Waals surface area contributed by atoms with Crippen LogP contribution in [0.2, 0.25) is 0 Å². The highest BCUT2D eigenvalue weighted by Gasteiger charge is 2.40. The van der Waals surface area contributed by atoms with Crippen molar-refractivity contribution in [3.8, 4) is 0 Å². The largest absolute Gasteiger partial charge is 0.389 e. The van der Waals surface area contributed by atoms with Crippen LogP contribution in [0.1, 0.15) is 71.5 Å². The van der Waals surface area contributed by atoms with E-state index in [4.69, 9.17) is 0 Å². The van der Waals surface area contributed by atoms with Gasteiger partial charge >= 0.3 is 0 Å². The molecule has 3 heteroatoms. The Bertz CT molecular complexity index is 426. The van der Waals surface area contributed by atoms with Crippen molar-refractivity contribution in [2.24, 2.45) is 11.8 Å². The van der Waals surface area contributed by atoms with Crippen LogP contribution in [-0.2, 0) is 6.42 Å². The van der Waals surface area contributed by atoms with Gasteiger partial charge in [-0.3, -0.25) is 4.68 Å². The van der Waals surface area contributed by atoms with Gasteiger partial charge in [0.2, 0.25) is 0 Å². The first kappa shape index (κ1) is 15.6. The van der Waals surface area contributed by atoms with Gasteiger partial charge < -0.3 is 5.11 Å². The van der Waals surface area contributed by atoms with Crippen LogP contribution >= 0.6 is 0 Å². The zero-order valence-electron chi connectivity index (χ0n) is 13.5. The minimum Gasteiger partial charge on any atom is -0.389 e. The van der Waals surface area contributed by atoms with Crippen molar-refractivity contribution in [3.63, 3.8) is 0 Å². The Kier molecular flexibility index (Phi) is 4.90. The van der Waals surface area contributed by atoms with E-state index in [1.54, 1.807) is 0 Å². The van der Waals surface area contributed by atoms with Crippen LogP contribution in [0.5, 0.6) is 0 Å². The van der Waals surface area contributed by atoms with Crippen molar-refractivity contribution in [1.29, 1.82) is 0 Å². The van der Waals surface area contributed by atoms with Gasteiger partial charge in [0, 0.05) is 18.7 Å². The fourth-order valence-electron chi connectivity index (χ4n) is 3.64. The molecule has 0 aliphatic heterocycles. The van der Waals surface area contributed by atoms with Gasteiger partial charge in [0.25, 0.3) is 0 Å². The molecule has 0 amide bonds. The smallest absolute Gasteiger partial charge is 0.0734 e. The molecule has 0 bridgehead atoms. The second-order valence-electron chi connectivity index (χ2n) is 6.92. The highest BCUT2D eigenvalue weighted by molar-refractivity contribution is 5.07. The molecule has 1 fully saturated rings. The van der Waals surface area contributed by atoms with Gasteiger partial charge in [-0.2, -0.15) is 5.10 Å². The second-order valence-corrected chi connectivity index (χ2v) is 6.92. The maximum atomic E-state index is 11.1. The van der Waals surface area contributed by atoms with Crippen molar-refractivity contribution in [1.82, 2.24) is 9.78 Å². The third kappa shape index (κ3) is 3.25. The summed E-state index contributed by atoms with van der Waals surface area (Å²) in [5.41, 5.74) is 0.487. The minimum atomic E-state index is -0.555. The van der Waals surface area contributed by atoms with Crippen molar-refractivity contribution in [3.05, 3.63) is 18.0 Å². The molecule has 1 aromatic rings. The van der Waals surface area contributed by atoms with E-state index >= 15 is 0 Å². The van der Waals surface area contributed by atoms with Crippen LogP contribution in [0.3, 0.4) is 0 Å². The zero-order chi connectivity index (χ0) is 14.8. The summed E-state index contributed by atoms with van der Waals surface area (Å²) in [6.45, 7) is 8.83. The van der Waals surface area contributed by atoms with Crippen molar-refractivity contribution >= 4 is 0 Å². The molecule has 3 unspecified atom stereocenters. The average Bonchev–Trinajstić information content (AvgIpc) is 2.85. The van der Waals surface area contributed by atoms with Gasteiger partial charge in [0.1, 0.15) is 0 Å². The van der Waals surface area contributed by atoms with Crippen LogP contribution < -0.4 is 0 Å². The van der Waals surface area contributed by atoms with Gasteiger partial charge in [-0.15, -0.1) is 0 Å². The van der Waals surface area contributed by atoms with Crippen LogP contribution in [0.4, 0.5) is 0 Å². The second kappa shape index (κ2) is 6.30. The normalized spacial score (nSPS) is 28.8. The van der Waals surface area contributed by atoms with E-state index in [1.165, 1.54) is 6.42 Å². The Morgan fingerprint density at radius 1 is 1.40 bits per heavy atom. The Balaban J connectivity index is 2.12. The van der Waals surface area contributed by atoms with E-state index in [0.29, 0.717) is 24.3 Å². The third-order valence-corrected chi connectivity index (χ3v) is 5.06. The van der Waals surface area contributed by atoms with E-state index in [-0.39, 0.29) is 0 Å². The maximum Gasteiger partial charge on any atom is 0.0734 e. The fraction of sp³-hybridized carbons (Fsp3) is 0.824. The van der Waals surface area contributed by atoms with Gasteiger partial charge in [-0.1, -0.05) is 33.6 Å². The van der Waals surface area contributed by atoms with E-state index < -0.39 is 5.60 Å². The van der Waals surface area contributed by atoms with Crippen LogP contribution in [-0.4, -0.2) is 20.5 Å². The fourth-order valence-corrected chi connectivity index (χ4v) is 3.64. The molecule has 3 atom stereocenters. The number of hydrogen-bond donors (Lipinski definition) is 1. The monoisotopic (exact) mass is 278 g/mol. The van der Waals surface area contributed by atoms with Crippen molar-refractivity contribution in [2.45, 2.75) is 77.9 Å². The first-order valence-electron chi connectivity index (χ1n) is 8.22. The Hall–Kier alpha value is -0.830. The summed E-state index contributed by atoms with van der Waals surface area (Å²) in [4.78, 5) is 0. The van der Waals surface area contributed by atoms with E-state index in [9.17, 15) is 5.11 Å². The lowest BCUT2D eigenvalue weighted by Crippen LogP contribution is -2.45. The van der Waals surface area contributed by atoms with Gasteiger partial charge in [0.15, 0.2) is 0 Å². The highest BCUT2D eigenvalue weighted by atomic mass is 16.3. The summed E-state index contributed by atoms with van der Waals surface area (Å²) in [6, 6.07) is 2.52. The lowest BCUT2D eigenvalue weighted by molar-refractivity contribution is -0.0660. The molecule has 1 aliphatic rings. The number of nitrogens with zero attached hydrogens (tertiary/aromatic N) is 2. The maximum absolute atomic E-state index is 11.1. The zero-order valence-corrected chi connectivity index (χ0v) is 13.5. The van der Waals surface area contributed by atoms with Crippen molar-refractivity contribution in [2.75, 3.05) is 0 Å². The number of hydrogen-bond acceptors (Lipinski definition) is 2. The molecule has 1 aliphatic carbocycles. The molecule has 1 heterocycles. The van der Waals surface area contributed by atoms with Gasteiger partial charge in [-0.25, -0.2) is 0 Å². The summed E-state index contributed by atoms with van der Waals surface area (Å²) < 4.78 is 2.03. The van der Waals surface area contributed by atoms with Crippen LogP contribution in [0, 0.1) is 11.8 Å². The SMILES string of the molecule is CCC(C)n1ccc(CC2(O)CCCCC2C(C)C)n1. The number of aliphatic hydroxyl groups is 1. The Morgan fingerprint density at radius 2 is 2.15 bits per heavy atom. The Labute approximate surface area is 123 Å². The summed E-state index contributed by atoms with van der Waals surface area (Å²) in [5.74, 6) is 0.946. The van der Waals surface area contributed by atoms with Crippen molar-refractivity contribution < 1.29 is 5.11 Å². The predicted octanol–water partition coefficient (Wildman–Crippen LogP) is 3.97. The summed E-state index contributed by atoms with van der Waals surface area (Å²) >= 11 is 0. The highest BCUT2D eigenvalue weighted by Crippen LogP contribution is 2.40. The Morgan fingerprint density at radius 3 is 2.80 bits per heavy atom. The third-order valence-electron chi connectivity index (χ3n) is 5.06. The van der Waals surface area contributed by atoms with Crippen LogP contribution in [0.25, 0.3) is 0 Å². The van der Waals surface area contributed by atoms with Crippen LogP contribution in [0.15, 0.2) is 12.3 Å². The molecule has 20 heavy (non-hydrogen) atoms. The standard InChI is InChI=1S/C17H30N2O/c1-5-14(4)19-11-9-15(18-19)12-17(20)10-7-6-8-16(17)13(2)3/h9,11,13-14,16,20H,5-8,10,12H2,1-4H3. The number of aromatic nitrogens is 2. The molecular weight excluding hydrogens is 248 g/mol. The molecule has 0 radical (unpaired) electrons. The molecule has 114 valence electrons. The lowest BCUT2D eigenvalue weighted by Gasteiger charge is -2.42. The summed E-state index contributed by atoms with van der Waals surface area (Å²) in [6.07, 6.45) is 8.32. The van der Waals surface area contributed by atoms with E-state index in [2.05, 4.69) is 45.1 Å². The van der Waals surface area contributed by atoms with Gasteiger partial charge in [-0.05, 0) is 44.1 Å². The molecule has 1 N–H and O–H groups in total. The molecule has 0 aromatic carbocycles. The molecule has 2 rings (SSSR count). The van der Waals surface area contributed by atoms with Gasteiger partial charge in [0.05, 0.1) is 11.3 Å². The molecule has 1 saturated carbocycles. The van der Waals surface area contributed by atoms with E-state index in [0.717, 1.165) is 31.4 Å². The molecule has 0 spiro atoms. The lowest BCUT2D eigenvalue weighted by atomic mass is 9.68. The molecule has 3 nitrogen and oxygen atoms in total. The first-order valence-corrected chi connectivity index (χ1v) is 8.22. The first-order chi connectivity index (χ1) is 9.46.